The lowest BCUT2D eigenvalue weighted by Crippen LogP contribution is -2.43. The van der Waals surface area contributed by atoms with Crippen molar-refractivity contribution < 1.29 is 0 Å². The third kappa shape index (κ3) is 4.06. The van der Waals surface area contributed by atoms with Crippen LogP contribution in [0.5, 0.6) is 0 Å². The summed E-state index contributed by atoms with van der Waals surface area (Å²) >= 11 is 0. The molecule has 0 bridgehead atoms. The molecule has 3 unspecified atom stereocenters. The molecule has 0 aromatic rings. The van der Waals surface area contributed by atoms with Crippen molar-refractivity contribution in [2.24, 2.45) is 5.92 Å². The van der Waals surface area contributed by atoms with Crippen LogP contribution in [0.3, 0.4) is 0 Å². The summed E-state index contributed by atoms with van der Waals surface area (Å²) in [4.78, 5) is 2.69. The van der Waals surface area contributed by atoms with Crippen molar-refractivity contribution in [2.75, 3.05) is 19.6 Å². The summed E-state index contributed by atoms with van der Waals surface area (Å²) in [6.45, 7) is 13.1. The van der Waals surface area contributed by atoms with E-state index in [9.17, 15) is 0 Å². The summed E-state index contributed by atoms with van der Waals surface area (Å²) in [5.41, 5.74) is 0. The fourth-order valence-corrected chi connectivity index (χ4v) is 2.50. The Morgan fingerprint density at radius 3 is 2.75 bits per heavy atom. The van der Waals surface area contributed by atoms with Crippen LogP contribution in [0.2, 0.25) is 0 Å². The number of nitrogens with one attached hydrogen (secondary N) is 1. The van der Waals surface area contributed by atoms with Gasteiger partial charge in [0.15, 0.2) is 0 Å². The van der Waals surface area contributed by atoms with E-state index in [0.29, 0.717) is 6.04 Å². The average Bonchev–Trinajstić information content (AvgIpc) is 2.48. The Labute approximate surface area is 102 Å². The zero-order valence-corrected chi connectivity index (χ0v) is 11.6. The number of unbranched alkanes of at least 4 members (excludes halogenated alkanes) is 1. The Morgan fingerprint density at radius 2 is 2.12 bits per heavy atom. The minimum atomic E-state index is 0.701. The van der Waals surface area contributed by atoms with E-state index in [1.54, 1.807) is 0 Å². The minimum absolute atomic E-state index is 0.701. The standard InChI is InChI=1S/C14H30N2/c1-5-7-10-16-11-14(12(3)6-2)15-9-8-13(16)4/h12-15H,5-11H2,1-4H3. The van der Waals surface area contributed by atoms with Crippen LogP contribution in [-0.4, -0.2) is 36.6 Å². The smallest absolute Gasteiger partial charge is 0.0220 e. The Kier molecular flexibility index (Phi) is 6.37. The molecule has 3 atom stereocenters. The molecule has 1 fully saturated rings. The fraction of sp³-hybridized carbons (Fsp3) is 1.00. The van der Waals surface area contributed by atoms with Crippen molar-refractivity contribution in [3.05, 3.63) is 0 Å². The van der Waals surface area contributed by atoms with Gasteiger partial charge in [0.1, 0.15) is 0 Å². The van der Waals surface area contributed by atoms with Crippen LogP contribution in [0, 0.1) is 5.92 Å². The van der Waals surface area contributed by atoms with E-state index in [1.165, 1.54) is 45.3 Å². The molecule has 2 nitrogen and oxygen atoms in total. The fourth-order valence-electron chi connectivity index (χ4n) is 2.50. The first-order valence-electron chi connectivity index (χ1n) is 7.16. The van der Waals surface area contributed by atoms with Gasteiger partial charge in [-0.2, -0.15) is 0 Å². The van der Waals surface area contributed by atoms with Gasteiger partial charge in [-0.05, 0) is 38.8 Å². The van der Waals surface area contributed by atoms with Crippen molar-refractivity contribution >= 4 is 0 Å². The molecule has 1 N–H and O–H groups in total. The highest BCUT2D eigenvalue weighted by atomic mass is 15.2. The highest BCUT2D eigenvalue weighted by Crippen LogP contribution is 2.16. The normalized spacial score (nSPS) is 30.0. The highest BCUT2D eigenvalue weighted by Gasteiger charge is 2.24. The first-order chi connectivity index (χ1) is 7.69. The number of hydrogen-bond acceptors (Lipinski definition) is 2. The van der Waals surface area contributed by atoms with Crippen molar-refractivity contribution in [3.8, 4) is 0 Å². The highest BCUT2D eigenvalue weighted by molar-refractivity contribution is 4.83. The predicted molar refractivity (Wildman–Crippen MR) is 71.8 cm³/mol. The third-order valence-corrected chi connectivity index (χ3v) is 4.15. The quantitative estimate of drug-likeness (QED) is 0.775. The van der Waals surface area contributed by atoms with Crippen LogP contribution in [0.15, 0.2) is 0 Å². The van der Waals surface area contributed by atoms with E-state index in [1.807, 2.05) is 0 Å². The molecule has 16 heavy (non-hydrogen) atoms. The molecular formula is C14H30N2. The number of hydrogen-bond donors (Lipinski definition) is 1. The molecule has 0 aliphatic carbocycles. The summed E-state index contributed by atoms with van der Waals surface area (Å²) in [6.07, 6.45) is 5.24. The van der Waals surface area contributed by atoms with Crippen molar-refractivity contribution in [3.63, 3.8) is 0 Å². The summed E-state index contributed by atoms with van der Waals surface area (Å²) in [6, 6.07) is 1.46. The molecule has 0 saturated carbocycles. The van der Waals surface area contributed by atoms with Gasteiger partial charge in [0.05, 0.1) is 0 Å². The monoisotopic (exact) mass is 226 g/mol. The van der Waals surface area contributed by atoms with Crippen LogP contribution < -0.4 is 5.32 Å². The Morgan fingerprint density at radius 1 is 1.38 bits per heavy atom. The average molecular weight is 226 g/mol. The lowest BCUT2D eigenvalue weighted by atomic mass is 9.99. The molecule has 0 spiro atoms. The molecule has 1 aliphatic rings. The molecule has 1 aliphatic heterocycles. The molecule has 1 rings (SSSR count). The summed E-state index contributed by atoms with van der Waals surface area (Å²) in [5, 5.41) is 3.73. The van der Waals surface area contributed by atoms with Crippen LogP contribution in [0.25, 0.3) is 0 Å². The molecular weight excluding hydrogens is 196 g/mol. The maximum atomic E-state index is 3.73. The van der Waals surface area contributed by atoms with Gasteiger partial charge in [-0.3, -0.25) is 4.90 Å². The van der Waals surface area contributed by atoms with Gasteiger partial charge in [0, 0.05) is 18.6 Å². The van der Waals surface area contributed by atoms with Gasteiger partial charge in [-0.15, -0.1) is 0 Å². The Balaban J connectivity index is 2.51. The largest absolute Gasteiger partial charge is 0.312 e. The number of nitrogens with zero attached hydrogens (tertiary/aromatic N) is 1. The van der Waals surface area contributed by atoms with E-state index >= 15 is 0 Å². The van der Waals surface area contributed by atoms with E-state index in [4.69, 9.17) is 0 Å². The zero-order chi connectivity index (χ0) is 12.0. The molecule has 2 heteroatoms. The first-order valence-corrected chi connectivity index (χ1v) is 7.16. The third-order valence-electron chi connectivity index (χ3n) is 4.15. The van der Waals surface area contributed by atoms with Crippen LogP contribution >= 0.6 is 0 Å². The van der Waals surface area contributed by atoms with Crippen LogP contribution in [0.1, 0.15) is 53.4 Å². The van der Waals surface area contributed by atoms with Crippen molar-refractivity contribution in [2.45, 2.75) is 65.5 Å². The topological polar surface area (TPSA) is 15.3 Å². The van der Waals surface area contributed by atoms with E-state index in [-0.39, 0.29) is 0 Å². The maximum Gasteiger partial charge on any atom is 0.0220 e. The van der Waals surface area contributed by atoms with E-state index < -0.39 is 0 Å². The van der Waals surface area contributed by atoms with Gasteiger partial charge in [0.2, 0.25) is 0 Å². The summed E-state index contributed by atoms with van der Waals surface area (Å²) < 4.78 is 0. The summed E-state index contributed by atoms with van der Waals surface area (Å²) in [7, 11) is 0. The van der Waals surface area contributed by atoms with E-state index in [0.717, 1.165) is 12.0 Å². The molecule has 0 amide bonds. The second kappa shape index (κ2) is 7.29. The molecule has 1 saturated heterocycles. The van der Waals surface area contributed by atoms with Gasteiger partial charge in [0.25, 0.3) is 0 Å². The lowest BCUT2D eigenvalue weighted by Gasteiger charge is -2.31. The molecule has 1 heterocycles. The molecule has 0 radical (unpaired) electrons. The SMILES string of the molecule is CCCCN1CC(C(C)CC)NCCC1C. The molecule has 0 aromatic heterocycles. The van der Waals surface area contributed by atoms with Gasteiger partial charge < -0.3 is 5.32 Å². The predicted octanol–water partition coefficient (Wildman–Crippen LogP) is 2.89. The Bertz CT molecular complexity index is 182. The maximum absolute atomic E-state index is 3.73. The van der Waals surface area contributed by atoms with Crippen LogP contribution in [0.4, 0.5) is 0 Å². The first kappa shape index (κ1) is 14.0. The second-order valence-corrected chi connectivity index (χ2v) is 5.43. The second-order valence-electron chi connectivity index (χ2n) is 5.43. The van der Waals surface area contributed by atoms with Crippen molar-refractivity contribution in [1.29, 1.82) is 0 Å². The minimum Gasteiger partial charge on any atom is -0.312 e. The summed E-state index contributed by atoms with van der Waals surface area (Å²) in [5.74, 6) is 0.800. The van der Waals surface area contributed by atoms with Gasteiger partial charge in [-0.1, -0.05) is 33.6 Å². The Hall–Kier alpha value is -0.0800. The lowest BCUT2D eigenvalue weighted by molar-refractivity contribution is 0.186. The molecule has 96 valence electrons. The molecule has 0 aromatic carbocycles. The zero-order valence-electron chi connectivity index (χ0n) is 11.6. The van der Waals surface area contributed by atoms with E-state index in [2.05, 4.69) is 37.9 Å². The van der Waals surface area contributed by atoms with Crippen LogP contribution in [-0.2, 0) is 0 Å². The van der Waals surface area contributed by atoms with Gasteiger partial charge in [-0.25, -0.2) is 0 Å². The van der Waals surface area contributed by atoms with Gasteiger partial charge >= 0.3 is 0 Å². The van der Waals surface area contributed by atoms with Crippen molar-refractivity contribution in [1.82, 2.24) is 10.2 Å². The number of rotatable bonds is 5.